The van der Waals surface area contributed by atoms with Gasteiger partial charge in [0, 0.05) is 11.4 Å². The Morgan fingerprint density at radius 1 is 1.20 bits per heavy atom. The summed E-state index contributed by atoms with van der Waals surface area (Å²) in [5.74, 6) is 0.124. The minimum Gasteiger partial charge on any atom is -0.250 e. The van der Waals surface area contributed by atoms with Gasteiger partial charge >= 0.3 is 0 Å². The molecule has 2 aromatic rings. The second-order valence-electron chi connectivity index (χ2n) is 4.56. The lowest BCUT2D eigenvalue weighted by atomic mass is 10.2. The average Bonchev–Trinajstić information content (AvgIpc) is 2.83. The molecule has 0 atom stereocenters. The first-order chi connectivity index (χ1) is 9.57. The summed E-state index contributed by atoms with van der Waals surface area (Å²) in [4.78, 5) is 5.28. The zero-order chi connectivity index (χ0) is 14.4. The molecule has 1 N–H and O–H groups in total. The molecule has 0 unspecified atom stereocenters. The Balaban J connectivity index is 1.78. The summed E-state index contributed by atoms with van der Waals surface area (Å²) in [5, 5.41) is 0. The Hall–Kier alpha value is -1.24. The Morgan fingerprint density at radius 3 is 2.60 bits per heavy atom. The van der Waals surface area contributed by atoms with Crippen molar-refractivity contribution in [1.82, 2.24) is 9.71 Å². The molecule has 0 saturated carbocycles. The van der Waals surface area contributed by atoms with Crippen LogP contribution in [0, 0.1) is 6.92 Å². The van der Waals surface area contributed by atoms with Crippen molar-refractivity contribution < 1.29 is 8.42 Å². The highest BCUT2D eigenvalue weighted by Gasteiger charge is 2.10. The van der Waals surface area contributed by atoms with Gasteiger partial charge in [-0.25, -0.2) is 18.1 Å². The first kappa shape index (κ1) is 15.2. The number of benzene rings is 1. The second kappa shape index (κ2) is 6.97. The van der Waals surface area contributed by atoms with E-state index in [1.807, 2.05) is 37.3 Å². The number of rotatable bonds is 7. The molecular weight excluding hydrogens is 292 g/mol. The smallest absolute Gasteiger partial charge is 0.211 e. The number of nitrogens with zero attached hydrogens (tertiary/aromatic N) is 1. The van der Waals surface area contributed by atoms with Gasteiger partial charge < -0.3 is 0 Å². The highest BCUT2D eigenvalue weighted by Crippen LogP contribution is 2.12. The number of sulfonamides is 1. The van der Waals surface area contributed by atoms with Gasteiger partial charge in [0.1, 0.15) is 0 Å². The molecule has 2 rings (SSSR count). The van der Waals surface area contributed by atoms with Crippen molar-refractivity contribution in [1.29, 1.82) is 0 Å². The third kappa shape index (κ3) is 4.70. The quantitative estimate of drug-likeness (QED) is 0.852. The van der Waals surface area contributed by atoms with Crippen molar-refractivity contribution in [3.63, 3.8) is 0 Å². The van der Waals surface area contributed by atoms with Crippen molar-refractivity contribution in [2.75, 3.05) is 12.3 Å². The molecule has 0 saturated heterocycles. The fourth-order valence-corrected chi connectivity index (χ4v) is 3.70. The summed E-state index contributed by atoms with van der Waals surface area (Å²) in [6.45, 7) is 2.37. The van der Waals surface area contributed by atoms with E-state index in [0.29, 0.717) is 19.4 Å². The van der Waals surface area contributed by atoms with Crippen LogP contribution in [0.2, 0.25) is 0 Å². The Bertz CT molecular complexity index is 636. The van der Waals surface area contributed by atoms with Gasteiger partial charge in [-0.1, -0.05) is 30.3 Å². The van der Waals surface area contributed by atoms with E-state index in [2.05, 4.69) is 9.71 Å². The number of aromatic nitrogens is 1. The fraction of sp³-hybridized carbons (Fsp3) is 0.357. The molecule has 20 heavy (non-hydrogen) atoms. The standard InChI is InChI=1S/C14H18N2O2S2/c1-12-14(19-11-15-12)7-9-16-20(17,18)10-8-13-5-3-2-4-6-13/h2-6,11,16H,7-10H2,1H3. The van der Waals surface area contributed by atoms with Gasteiger partial charge in [0.2, 0.25) is 10.0 Å². The zero-order valence-electron chi connectivity index (χ0n) is 11.4. The lowest BCUT2D eigenvalue weighted by Gasteiger charge is -2.06. The van der Waals surface area contributed by atoms with Gasteiger partial charge in [-0.15, -0.1) is 11.3 Å². The SMILES string of the molecule is Cc1ncsc1CCNS(=O)(=O)CCc1ccccc1. The monoisotopic (exact) mass is 310 g/mol. The minimum absolute atomic E-state index is 0.124. The molecule has 0 radical (unpaired) electrons. The van der Waals surface area contributed by atoms with Gasteiger partial charge in [-0.05, 0) is 25.3 Å². The highest BCUT2D eigenvalue weighted by molar-refractivity contribution is 7.89. The average molecular weight is 310 g/mol. The van der Waals surface area contributed by atoms with Crippen LogP contribution in [0.15, 0.2) is 35.8 Å². The molecule has 0 amide bonds. The molecule has 1 aromatic carbocycles. The maximum Gasteiger partial charge on any atom is 0.211 e. The van der Waals surface area contributed by atoms with E-state index in [4.69, 9.17) is 0 Å². The van der Waals surface area contributed by atoms with Gasteiger partial charge in [-0.3, -0.25) is 0 Å². The second-order valence-corrected chi connectivity index (χ2v) is 7.43. The normalized spacial score (nSPS) is 11.7. The van der Waals surface area contributed by atoms with Gasteiger partial charge in [0.15, 0.2) is 0 Å². The number of nitrogens with one attached hydrogen (secondary N) is 1. The molecule has 0 aliphatic rings. The Morgan fingerprint density at radius 2 is 1.95 bits per heavy atom. The first-order valence-electron chi connectivity index (χ1n) is 6.47. The lowest BCUT2D eigenvalue weighted by Crippen LogP contribution is -2.29. The van der Waals surface area contributed by atoms with E-state index in [1.54, 1.807) is 16.8 Å². The van der Waals surface area contributed by atoms with Crippen LogP contribution >= 0.6 is 11.3 Å². The topological polar surface area (TPSA) is 59.1 Å². The van der Waals surface area contributed by atoms with Crippen molar-refractivity contribution in [3.05, 3.63) is 52.0 Å². The Kier molecular flexibility index (Phi) is 5.28. The molecule has 0 aliphatic heterocycles. The number of thiazole rings is 1. The van der Waals surface area contributed by atoms with Crippen LogP contribution in [0.1, 0.15) is 16.1 Å². The van der Waals surface area contributed by atoms with Crippen LogP contribution in [-0.2, 0) is 22.9 Å². The van der Waals surface area contributed by atoms with E-state index in [1.165, 1.54) is 0 Å². The van der Waals surface area contributed by atoms with E-state index in [9.17, 15) is 8.42 Å². The summed E-state index contributed by atoms with van der Waals surface area (Å²) in [7, 11) is -3.21. The molecule has 1 aromatic heterocycles. The largest absolute Gasteiger partial charge is 0.250 e. The maximum absolute atomic E-state index is 11.9. The summed E-state index contributed by atoms with van der Waals surface area (Å²) in [6, 6.07) is 9.64. The fourth-order valence-electron chi connectivity index (χ4n) is 1.86. The predicted octanol–water partition coefficient (Wildman–Crippen LogP) is 2.16. The molecule has 0 fully saturated rings. The first-order valence-corrected chi connectivity index (χ1v) is 9.00. The summed E-state index contributed by atoms with van der Waals surface area (Å²) >= 11 is 1.56. The molecule has 0 spiro atoms. The van der Waals surface area contributed by atoms with Gasteiger partial charge in [0.25, 0.3) is 0 Å². The number of hydrogen-bond acceptors (Lipinski definition) is 4. The lowest BCUT2D eigenvalue weighted by molar-refractivity contribution is 0.581. The minimum atomic E-state index is -3.21. The summed E-state index contributed by atoms with van der Waals surface area (Å²) in [5.41, 5.74) is 3.81. The summed E-state index contributed by atoms with van der Waals surface area (Å²) in [6.07, 6.45) is 1.23. The van der Waals surface area contributed by atoms with Crippen LogP contribution in [0.25, 0.3) is 0 Å². The molecule has 0 aliphatic carbocycles. The van der Waals surface area contributed by atoms with Gasteiger partial charge in [0.05, 0.1) is 17.0 Å². The van der Waals surface area contributed by atoms with Gasteiger partial charge in [-0.2, -0.15) is 0 Å². The summed E-state index contributed by atoms with van der Waals surface area (Å²) < 4.78 is 26.4. The molecule has 1 heterocycles. The van der Waals surface area contributed by atoms with Crippen LogP contribution < -0.4 is 4.72 Å². The van der Waals surface area contributed by atoms with Crippen LogP contribution in [0.4, 0.5) is 0 Å². The van der Waals surface area contributed by atoms with Crippen molar-refractivity contribution >= 4 is 21.4 Å². The van der Waals surface area contributed by atoms with Crippen molar-refractivity contribution in [2.45, 2.75) is 19.8 Å². The Labute approximate surface area is 123 Å². The molecular formula is C14H18N2O2S2. The van der Waals surface area contributed by atoms with Crippen LogP contribution in [-0.4, -0.2) is 25.7 Å². The van der Waals surface area contributed by atoms with E-state index in [0.717, 1.165) is 16.1 Å². The predicted molar refractivity (Wildman–Crippen MR) is 82.5 cm³/mol. The van der Waals surface area contributed by atoms with E-state index >= 15 is 0 Å². The molecule has 4 nitrogen and oxygen atoms in total. The van der Waals surface area contributed by atoms with E-state index < -0.39 is 10.0 Å². The van der Waals surface area contributed by atoms with Crippen molar-refractivity contribution in [3.8, 4) is 0 Å². The molecule has 0 bridgehead atoms. The third-order valence-corrected chi connectivity index (χ3v) is 5.40. The zero-order valence-corrected chi connectivity index (χ0v) is 13.0. The number of hydrogen-bond donors (Lipinski definition) is 1. The van der Waals surface area contributed by atoms with E-state index in [-0.39, 0.29) is 5.75 Å². The third-order valence-electron chi connectivity index (χ3n) is 3.02. The van der Waals surface area contributed by atoms with Crippen LogP contribution in [0.5, 0.6) is 0 Å². The number of aryl methyl sites for hydroxylation is 2. The highest BCUT2D eigenvalue weighted by atomic mass is 32.2. The van der Waals surface area contributed by atoms with Crippen molar-refractivity contribution in [2.24, 2.45) is 0 Å². The maximum atomic E-state index is 11.9. The molecule has 6 heteroatoms. The molecule has 108 valence electrons. The van der Waals surface area contributed by atoms with Crippen LogP contribution in [0.3, 0.4) is 0 Å².